The number of nitrogens with zero attached hydrogens (tertiary/aromatic N) is 1. The molecule has 0 bridgehead atoms. The van der Waals surface area contributed by atoms with Crippen molar-refractivity contribution in [1.82, 2.24) is 4.90 Å². The van der Waals surface area contributed by atoms with Crippen LogP contribution in [-0.4, -0.2) is 50.9 Å². The lowest BCUT2D eigenvalue weighted by atomic mass is 10.1. The van der Waals surface area contributed by atoms with Crippen LogP contribution in [0.3, 0.4) is 0 Å². The van der Waals surface area contributed by atoms with Gasteiger partial charge < -0.3 is 23.8 Å². The summed E-state index contributed by atoms with van der Waals surface area (Å²) in [7, 11) is 3.16. The van der Waals surface area contributed by atoms with Crippen LogP contribution >= 0.6 is 11.3 Å². The summed E-state index contributed by atoms with van der Waals surface area (Å²) in [5.74, 6) is 1.85. The van der Waals surface area contributed by atoms with Gasteiger partial charge in [0.15, 0.2) is 0 Å². The number of carbonyl (C=O) groups excluding carboxylic acids is 1. The van der Waals surface area contributed by atoms with Crippen molar-refractivity contribution >= 4 is 17.2 Å². The molecule has 6 nitrogen and oxygen atoms in total. The van der Waals surface area contributed by atoms with E-state index in [1.165, 1.54) is 4.88 Å². The van der Waals surface area contributed by atoms with Crippen molar-refractivity contribution in [2.24, 2.45) is 0 Å². The van der Waals surface area contributed by atoms with Crippen LogP contribution in [-0.2, 0) is 17.7 Å². The molecule has 34 heavy (non-hydrogen) atoms. The second-order valence-electron chi connectivity index (χ2n) is 8.21. The van der Waals surface area contributed by atoms with E-state index in [9.17, 15) is 4.79 Å². The molecule has 1 aliphatic rings. The Hall–Kier alpha value is -3.03. The van der Waals surface area contributed by atoms with Crippen molar-refractivity contribution in [2.45, 2.75) is 31.9 Å². The molecule has 0 spiro atoms. The van der Waals surface area contributed by atoms with Crippen LogP contribution in [0.4, 0.5) is 0 Å². The van der Waals surface area contributed by atoms with Crippen molar-refractivity contribution < 1.29 is 23.7 Å². The first-order valence-corrected chi connectivity index (χ1v) is 12.4. The van der Waals surface area contributed by atoms with Gasteiger partial charge in [-0.15, -0.1) is 11.3 Å². The first-order chi connectivity index (χ1) is 16.7. The Morgan fingerprint density at radius 3 is 2.74 bits per heavy atom. The maximum Gasteiger partial charge on any atom is 0.258 e. The zero-order valence-electron chi connectivity index (χ0n) is 19.7. The van der Waals surface area contributed by atoms with Crippen molar-refractivity contribution in [3.8, 4) is 17.2 Å². The standard InChI is InChI=1S/C27H31NO5S/c1-30-21-10-11-25(26(17-21)31-2)27(29)28(19-23-8-4-13-32-23)18-20-6-3-7-22(16-20)33-14-12-24-9-5-15-34-24/h3,5-7,9-11,15-17,23H,4,8,12-14,18-19H2,1-2H3/t23-/m1/s1. The van der Waals surface area contributed by atoms with E-state index in [1.54, 1.807) is 43.8 Å². The zero-order valence-corrected chi connectivity index (χ0v) is 20.5. The highest BCUT2D eigenvalue weighted by Gasteiger charge is 2.26. The average molecular weight is 482 g/mol. The number of thiophene rings is 1. The summed E-state index contributed by atoms with van der Waals surface area (Å²) in [6.45, 7) is 2.34. The van der Waals surface area contributed by atoms with E-state index in [1.807, 2.05) is 29.2 Å². The Morgan fingerprint density at radius 1 is 1.09 bits per heavy atom. The highest BCUT2D eigenvalue weighted by Crippen LogP contribution is 2.27. The molecule has 1 fully saturated rings. The van der Waals surface area contributed by atoms with E-state index in [2.05, 4.69) is 17.5 Å². The van der Waals surface area contributed by atoms with Crippen LogP contribution in [0.5, 0.6) is 17.2 Å². The number of ether oxygens (including phenoxy) is 4. The second kappa shape index (κ2) is 11.9. The molecule has 1 aromatic heterocycles. The Labute approximate surface area is 205 Å². The number of benzene rings is 2. The largest absolute Gasteiger partial charge is 0.497 e. The summed E-state index contributed by atoms with van der Waals surface area (Å²) in [5.41, 5.74) is 1.51. The van der Waals surface area contributed by atoms with Crippen LogP contribution in [0.2, 0.25) is 0 Å². The maximum absolute atomic E-state index is 13.6. The number of hydrogen-bond donors (Lipinski definition) is 0. The molecule has 1 amide bonds. The summed E-state index contributed by atoms with van der Waals surface area (Å²) in [6.07, 6.45) is 2.89. The third-order valence-corrected chi connectivity index (χ3v) is 6.78. The van der Waals surface area contributed by atoms with Crippen molar-refractivity contribution in [2.75, 3.05) is 34.0 Å². The fourth-order valence-corrected chi connectivity index (χ4v) is 4.77. The van der Waals surface area contributed by atoms with Gasteiger partial charge in [0.05, 0.1) is 32.5 Å². The molecule has 1 aliphatic heterocycles. The monoisotopic (exact) mass is 481 g/mol. The van der Waals surface area contributed by atoms with Gasteiger partial charge >= 0.3 is 0 Å². The molecule has 180 valence electrons. The van der Waals surface area contributed by atoms with Gasteiger partial charge in [-0.2, -0.15) is 0 Å². The first-order valence-electron chi connectivity index (χ1n) is 11.5. The predicted molar refractivity (Wildman–Crippen MR) is 133 cm³/mol. The summed E-state index contributed by atoms with van der Waals surface area (Å²) < 4.78 is 22.6. The number of amides is 1. The minimum absolute atomic E-state index is 0.0402. The third-order valence-electron chi connectivity index (χ3n) is 5.84. The number of hydrogen-bond acceptors (Lipinski definition) is 6. The van der Waals surface area contributed by atoms with Gasteiger partial charge in [0.25, 0.3) is 5.91 Å². The van der Waals surface area contributed by atoms with Crippen LogP contribution in [0, 0.1) is 0 Å². The minimum atomic E-state index is -0.0981. The van der Waals surface area contributed by atoms with E-state index in [4.69, 9.17) is 18.9 Å². The summed E-state index contributed by atoms with van der Waals surface area (Å²) >= 11 is 1.74. The molecule has 1 saturated heterocycles. The molecule has 0 saturated carbocycles. The SMILES string of the molecule is COc1ccc(C(=O)N(Cc2cccc(OCCc3cccs3)c2)C[C@H]2CCCO2)c(OC)c1. The highest BCUT2D eigenvalue weighted by molar-refractivity contribution is 7.09. The summed E-state index contributed by atoms with van der Waals surface area (Å²) in [5, 5.41) is 2.08. The summed E-state index contributed by atoms with van der Waals surface area (Å²) in [4.78, 5) is 16.8. The molecule has 0 aliphatic carbocycles. The zero-order chi connectivity index (χ0) is 23.8. The van der Waals surface area contributed by atoms with Crippen molar-refractivity contribution in [1.29, 1.82) is 0 Å². The van der Waals surface area contributed by atoms with Gasteiger partial charge in [-0.3, -0.25) is 4.79 Å². The quantitative estimate of drug-likeness (QED) is 0.376. The summed E-state index contributed by atoms with van der Waals surface area (Å²) in [6, 6.07) is 17.4. The normalized spacial score (nSPS) is 15.2. The second-order valence-corrected chi connectivity index (χ2v) is 9.24. The maximum atomic E-state index is 13.6. The smallest absolute Gasteiger partial charge is 0.258 e. The van der Waals surface area contributed by atoms with Crippen LogP contribution in [0.1, 0.15) is 33.6 Å². The molecule has 4 rings (SSSR count). The average Bonchev–Trinajstić information content (AvgIpc) is 3.58. The fraction of sp³-hybridized carbons (Fsp3) is 0.370. The van der Waals surface area contributed by atoms with E-state index in [0.29, 0.717) is 36.8 Å². The molecule has 3 aromatic rings. The Balaban J connectivity index is 1.49. The molecule has 2 aromatic carbocycles. The molecule has 7 heteroatoms. The van der Waals surface area contributed by atoms with Crippen LogP contribution in [0.25, 0.3) is 0 Å². The molecule has 0 unspecified atom stereocenters. The van der Waals surface area contributed by atoms with Gasteiger partial charge in [-0.05, 0) is 54.1 Å². The van der Waals surface area contributed by atoms with Crippen LogP contribution in [0.15, 0.2) is 60.0 Å². The van der Waals surface area contributed by atoms with Gasteiger partial charge in [0, 0.05) is 37.1 Å². The van der Waals surface area contributed by atoms with Crippen molar-refractivity contribution in [3.05, 3.63) is 76.0 Å². The van der Waals surface area contributed by atoms with Gasteiger partial charge in [0.1, 0.15) is 17.2 Å². The predicted octanol–water partition coefficient (Wildman–Crippen LogP) is 5.21. The lowest BCUT2D eigenvalue weighted by Gasteiger charge is -2.26. The molecule has 0 radical (unpaired) electrons. The van der Waals surface area contributed by atoms with E-state index in [-0.39, 0.29) is 12.0 Å². The van der Waals surface area contributed by atoms with Gasteiger partial charge in [0.2, 0.25) is 0 Å². The van der Waals surface area contributed by atoms with Gasteiger partial charge in [-0.25, -0.2) is 0 Å². The molecular weight excluding hydrogens is 450 g/mol. The number of methoxy groups -OCH3 is 2. The highest BCUT2D eigenvalue weighted by atomic mass is 32.1. The Kier molecular flexibility index (Phi) is 8.44. The van der Waals surface area contributed by atoms with Crippen molar-refractivity contribution in [3.63, 3.8) is 0 Å². The molecule has 1 atom stereocenters. The third kappa shape index (κ3) is 6.30. The number of carbonyl (C=O) groups is 1. The Bertz CT molecular complexity index is 1060. The van der Waals surface area contributed by atoms with Crippen LogP contribution < -0.4 is 14.2 Å². The first kappa shape index (κ1) is 24.1. The molecule has 2 heterocycles. The lowest BCUT2D eigenvalue weighted by molar-refractivity contribution is 0.0504. The van der Waals surface area contributed by atoms with Gasteiger partial charge in [-0.1, -0.05) is 18.2 Å². The minimum Gasteiger partial charge on any atom is -0.497 e. The molecule has 0 N–H and O–H groups in total. The van der Waals surface area contributed by atoms with E-state index < -0.39 is 0 Å². The number of rotatable bonds is 11. The van der Waals surface area contributed by atoms with E-state index in [0.717, 1.165) is 37.2 Å². The topological polar surface area (TPSA) is 57.2 Å². The lowest BCUT2D eigenvalue weighted by Crippen LogP contribution is -2.37. The Morgan fingerprint density at radius 2 is 2.00 bits per heavy atom. The molecular formula is C27H31NO5S. The van der Waals surface area contributed by atoms with E-state index >= 15 is 0 Å². The fourth-order valence-electron chi connectivity index (χ4n) is 4.08.